The summed E-state index contributed by atoms with van der Waals surface area (Å²) in [4.78, 5) is 21.3. The maximum absolute atomic E-state index is 11.1. The molecule has 0 spiro atoms. The molecule has 0 fully saturated rings. The number of rotatable bonds is 4. The van der Waals surface area contributed by atoms with Gasteiger partial charge in [0.1, 0.15) is 0 Å². The summed E-state index contributed by atoms with van der Waals surface area (Å²) in [6, 6.07) is 5.11. The van der Waals surface area contributed by atoms with E-state index >= 15 is 0 Å². The smallest absolute Gasteiger partial charge is 0.278 e. The first-order chi connectivity index (χ1) is 10.6. The van der Waals surface area contributed by atoms with Crippen LogP contribution >= 0.6 is 11.3 Å². The quantitative estimate of drug-likeness (QED) is 0.544. The number of aryl methyl sites for hydroxylation is 1. The molecule has 22 heavy (non-hydrogen) atoms. The van der Waals surface area contributed by atoms with Crippen LogP contribution in [-0.2, 0) is 6.54 Å². The molecule has 0 N–H and O–H groups in total. The Kier molecular flexibility index (Phi) is 3.72. The van der Waals surface area contributed by atoms with Gasteiger partial charge >= 0.3 is 0 Å². The van der Waals surface area contributed by atoms with Crippen LogP contribution in [0.25, 0.3) is 10.8 Å². The molecule has 6 nitrogen and oxygen atoms in total. The second-order valence-corrected chi connectivity index (χ2v) is 6.06. The van der Waals surface area contributed by atoms with Gasteiger partial charge in [-0.1, -0.05) is 0 Å². The van der Waals surface area contributed by atoms with Gasteiger partial charge < -0.3 is 4.90 Å². The number of non-ortho nitro benzene ring substituents is 1. The molecule has 0 atom stereocenters. The maximum Gasteiger partial charge on any atom is 0.278 e. The third-order valence-electron chi connectivity index (χ3n) is 3.45. The Labute approximate surface area is 131 Å². The summed E-state index contributed by atoms with van der Waals surface area (Å²) in [5, 5.41) is 15.6. The number of fused-ring (bicyclic) bond motifs is 1. The molecular weight excluding hydrogens is 300 g/mol. The van der Waals surface area contributed by atoms with E-state index in [4.69, 9.17) is 0 Å². The van der Waals surface area contributed by atoms with E-state index in [1.54, 1.807) is 29.7 Å². The van der Waals surface area contributed by atoms with Gasteiger partial charge in [0, 0.05) is 42.0 Å². The molecule has 0 bridgehead atoms. The van der Waals surface area contributed by atoms with Crippen molar-refractivity contribution in [2.45, 2.75) is 13.5 Å². The molecule has 0 unspecified atom stereocenters. The van der Waals surface area contributed by atoms with Crippen molar-refractivity contribution in [3.05, 3.63) is 56.8 Å². The Balaban J connectivity index is 2.03. The van der Waals surface area contributed by atoms with E-state index in [9.17, 15) is 10.1 Å². The van der Waals surface area contributed by atoms with Crippen molar-refractivity contribution in [2.24, 2.45) is 0 Å². The van der Waals surface area contributed by atoms with Crippen LogP contribution in [-0.4, -0.2) is 21.9 Å². The molecule has 112 valence electrons. The normalized spacial score (nSPS) is 10.8. The largest absolute Gasteiger partial charge is 0.368 e. The van der Waals surface area contributed by atoms with E-state index in [1.807, 2.05) is 24.3 Å². The minimum Gasteiger partial charge on any atom is -0.368 e. The highest BCUT2D eigenvalue weighted by atomic mass is 32.1. The molecule has 0 aliphatic carbocycles. The number of hydrogen-bond acceptors (Lipinski definition) is 6. The second kappa shape index (κ2) is 5.69. The molecule has 7 heteroatoms. The van der Waals surface area contributed by atoms with Crippen molar-refractivity contribution in [3.8, 4) is 0 Å². The molecule has 0 aliphatic heterocycles. The molecule has 3 aromatic rings. The van der Waals surface area contributed by atoms with Gasteiger partial charge in [0.05, 0.1) is 27.6 Å². The number of pyridine rings is 1. The Morgan fingerprint density at radius 2 is 2.14 bits per heavy atom. The van der Waals surface area contributed by atoms with Crippen molar-refractivity contribution in [1.82, 2.24) is 9.97 Å². The van der Waals surface area contributed by atoms with Crippen LogP contribution < -0.4 is 4.90 Å². The van der Waals surface area contributed by atoms with E-state index < -0.39 is 0 Å². The Morgan fingerprint density at radius 1 is 1.32 bits per heavy atom. The number of nitrogens with zero attached hydrogens (tertiary/aromatic N) is 4. The number of nitro benzene ring substituents is 1. The van der Waals surface area contributed by atoms with Gasteiger partial charge in [-0.3, -0.25) is 15.1 Å². The average Bonchev–Trinajstić information content (AvgIpc) is 2.90. The summed E-state index contributed by atoms with van der Waals surface area (Å²) in [6.07, 6.45) is 3.19. The van der Waals surface area contributed by atoms with Crippen molar-refractivity contribution >= 4 is 33.5 Å². The van der Waals surface area contributed by atoms with Crippen LogP contribution in [0, 0.1) is 17.0 Å². The maximum atomic E-state index is 11.1. The Bertz CT molecular complexity index is 846. The molecule has 0 radical (unpaired) electrons. The summed E-state index contributed by atoms with van der Waals surface area (Å²) in [5.41, 5.74) is 1.99. The van der Waals surface area contributed by atoms with Gasteiger partial charge in [-0.15, -0.1) is 11.3 Å². The van der Waals surface area contributed by atoms with Crippen LogP contribution in [0.1, 0.15) is 10.7 Å². The molecular formula is C15H14N4O2S. The summed E-state index contributed by atoms with van der Waals surface area (Å²) in [5.74, 6) is 0. The monoisotopic (exact) mass is 314 g/mol. The number of benzene rings is 1. The number of anilines is 1. The number of hydrogen-bond donors (Lipinski definition) is 0. The van der Waals surface area contributed by atoms with Crippen LogP contribution in [0.2, 0.25) is 0 Å². The lowest BCUT2D eigenvalue weighted by Crippen LogP contribution is -2.17. The first-order valence-electron chi connectivity index (χ1n) is 6.69. The highest BCUT2D eigenvalue weighted by Gasteiger charge is 2.16. The fourth-order valence-electron chi connectivity index (χ4n) is 2.46. The lowest BCUT2D eigenvalue weighted by atomic mass is 10.1. The number of aromatic nitrogens is 2. The lowest BCUT2D eigenvalue weighted by molar-refractivity contribution is -0.383. The Hall–Kier alpha value is -2.54. The van der Waals surface area contributed by atoms with Gasteiger partial charge in [0.15, 0.2) is 0 Å². The van der Waals surface area contributed by atoms with E-state index in [-0.39, 0.29) is 10.6 Å². The fraction of sp³-hybridized carbons (Fsp3) is 0.200. The summed E-state index contributed by atoms with van der Waals surface area (Å²) < 4.78 is 0. The second-order valence-electron chi connectivity index (χ2n) is 5.00. The van der Waals surface area contributed by atoms with Crippen LogP contribution in [0.5, 0.6) is 0 Å². The molecule has 0 saturated carbocycles. The predicted molar refractivity (Wildman–Crippen MR) is 87.4 cm³/mol. The molecule has 3 rings (SSSR count). The third-order valence-corrected chi connectivity index (χ3v) is 4.27. The van der Waals surface area contributed by atoms with E-state index in [0.717, 1.165) is 21.8 Å². The van der Waals surface area contributed by atoms with Crippen molar-refractivity contribution in [2.75, 3.05) is 11.9 Å². The van der Waals surface area contributed by atoms with E-state index in [1.165, 1.54) is 12.3 Å². The van der Waals surface area contributed by atoms with Crippen molar-refractivity contribution in [1.29, 1.82) is 0 Å². The molecule has 0 aliphatic rings. The molecule has 0 amide bonds. The zero-order valence-corrected chi connectivity index (χ0v) is 13.0. The zero-order chi connectivity index (χ0) is 15.7. The Morgan fingerprint density at radius 3 is 2.82 bits per heavy atom. The van der Waals surface area contributed by atoms with Crippen molar-refractivity contribution < 1.29 is 4.92 Å². The van der Waals surface area contributed by atoms with Gasteiger partial charge in [0.2, 0.25) is 0 Å². The molecule has 1 aromatic carbocycles. The number of thiazole rings is 1. The van der Waals surface area contributed by atoms with E-state index in [0.29, 0.717) is 11.9 Å². The fourth-order valence-corrected chi connectivity index (χ4v) is 3.06. The standard InChI is InChI=1S/C15H14N4O2S/c1-10-17-11(9-22-10)8-18(2)14-3-4-15(19(20)21)13-7-16-6-5-12(13)14/h3-7,9H,8H2,1-2H3. The topological polar surface area (TPSA) is 72.2 Å². The minimum atomic E-state index is -0.377. The average molecular weight is 314 g/mol. The van der Waals surface area contributed by atoms with E-state index in [2.05, 4.69) is 9.97 Å². The molecule has 0 saturated heterocycles. The van der Waals surface area contributed by atoms with Crippen LogP contribution in [0.3, 0.4) is 0 Å². The molecule has 2 aromatic heterocycles. The highest BCUT2D eigenvalue weighted by Crippen LogP contribution is 2.33. The predicted octanol–water partition coefficient (Wildman–Crippen LogP) is 3.54. The lowest BCUT2D eigenvalue weighted by Gasteiger charge is -2.20. The third kappa shape index (κ3) is 2.62. The summed E-state index contributed by atoms with van der Waals surface area (Å²) in [7, 11) is 1.95. The van der Waals surface area contributed by atoms with Crippen LogP contribution in [0.4, 0.5) is 11.4 Å². The van der Waals surface area contributed by atoms with Gasteiger partial charge in [-0.05, 0) is 19.1 Å². The van der Waals surface area contributed by atoms with Crippen molar-refractivity contribution in [3.63, 3.8) is 0 Å². The number of nitro groups is 1. The van der Waals surface area contributed by atoms with Gasteiger partial charge in [-0.25, -0.2) is 4.98 Å². The van der Waals surface area contributed by atoms with Crippen LogP contribution in [0.15, 0.2) is 36.0 Å². The van der Waals surface area contributed by atoms with Gasteiger partial charge in [0.25, 0.3) is 5.69 Å². The SMILES string of the molecule is Cc1nc(CN(C)c2ccc([N+](=O)[O-])c3cnccc23)cs1. The first-order valence-corrected chi connectivity index (χ1v) is 7.57. The minimum absolute atomic E-state index is 0.0738. The highest BCUT2D eigenvalue weighted by molar-refractivity contribution is 7.09. The van der Waals surface area contributed by atoms with Gasteiger partial charge in [-0.2, -0.15) is 0 Å². The summed E-state index contributed by atoms with van der Waals surface area (Å²) in [6.45, 7) is 2.63. The first kappa shape index (κ1) is 14.4. The molecule has 2 heterocycles. The zero-order valence-electron chi connectivity index (χ0n) is 12.2. The summed E-state index contributed by atoms with van der Waals surface area (Å²) >= 11 is 1.61.